The van der Waals surface area contributed by atoms with Crippen molar-refractivity contribution in [3.63, 3.8) is 0 Å². The molecule has 1 saturated carbocycles. The van der Waals surface area contributed by atoms with Crippen LogP contribution in [0.3, 0.4) is 0 Å². The van der Waals surface area contributed by atoms with Crippen molar-refractivity contribution in [3.05, 3.63) is 41.2 Å². The molecule has 26 heavy (non-hydrogen) atoms. The third kappa shape index (κ3) is 4.22. The third-order valence-corrected chi connectivity index (χ3v) is 5.96. The molecular formula is C18H20ClN3O3S. The van der Waals surface area contributed by atoms with Gasteiger partial charge in [0.05, 0.1) is 17.4 Å². The first-order valence-electron chi connectivity index (χ1n) is 8.39. The predicted octanol–water partition coefficient (Wildman–Crippen LogP) is 3.30. The van der Waals surface area contributed by atoms with E-state index in [1.165, 1.54) is 11.8 Å². The second kappa shape index (κ2) is 8.14. The number of imidazole rings is 1. The zero-order valence-corrected chi connectivity index (χ0v) is 15.9. The van der Waals surface area contributed by atoms with Gasteiger partial charge >= 0.3 is 5.97 Å². The van der Waals surface area contributed by atoms with Crippen molar-refractivity contribution in [2.75, 3.05) is 5.75 Å². The highest BCUT2D eigenvalue weighted by Gasteiger charge is 2.30. The summed E-state index contributed by atoms with van der Waals surface area (Å²) in [5.41, 5.74) is 1.88. The van der Waals surface area contributed by atoms with Crippen LogP contribution in [0.4, 0.5) is 0 Å². The number of hydrogen-bond donors (Lipinski definition) is 2. The molecule has 1 aliphatic carbocycles. The van der Waals surface area contributed by atoms with Crippen molar-refractivity contribution in [2.45, 2.75) is 37.4 Å². The minimum atomic E-state index is -0.782. The van der Waals surface area contributed by atoms with E-state index < -0.39 is 5.97 Å². The highest BCUT2D eigenvalue weighted by Crippen LogP contribution is 2.28. The van der Waals surface area contributed by atoms with Crippen LogP contribution in [-0.4, -0.2) is 38.3 Å². The molecule has 3 rings (SSSR count). The van der Waals surface area contributed by atoms with Crippen LogP contribution in [0.15, 0.2) is 35.7 Å². The standard InChI is InChI=1S/C18H20ClN3O3S/c1-11-14(19)3-2-4-15(11)22-8-7-20-18(22)26-10-16(23)21-13-6-5-12(9-13)17(24)25/h2-4,7-8,12-13H,5-6,9-10H2,1H3,(H,21,23)(H,24,25)/t12-,13+/m0/s1. The molecule has 1 aromatic heterocycles. The van der Waals surface area contributed by atoms with Crippen LogP contribution in [0.25, 0.3) is 5.69 Å². The zero-order chi connectivity index (χ0) is 18.7. The summed E-state index contributed by atoms with van der Waals surface area (Å²) in [6.07, 6.45) is 5.36. The van der Waals surface area contributed by atoms with Gasteiger partial charge in [0, 0.05) is 23.5 Å². The van der Waals surface area contributed by atoms with Crippen molar-refractivity contribution in [3.8, 4) is 5.69 Å². The van der Waals surface area contributed by atoms with Crippen molar-refractivity contribution in [1.82, 2.24) is 14.9 Å². The fraction of sp³-hybridized carbons (Fsp3) is 0.389. The highest BCUT2D eigenvalue weighted by atomic mass is 35.5. The molecule has 2 N–H and O–H groups in total. The first kappa shape index (κ1) is 18.8. The smallest absolute Gasteiger partial charge is 0.306 e. The van der Waals surface area contributed by atoms with Gasteiger partial charge in [-0.2, -0.15) is 0 Å². The molecule has 2 aromatic rings. The van der Waals surface area contributed by atoms with Crippen molar-refractivity contribution >= 4 is 35.2 Å². The summed E-state index contributed by atoms with van der Waals surface area (Å²) in [7, 11) is 0. The lowest BCUT2D eigenvalue weighted by atomic mass is 10.1. The van der Waals surface area contributed by atoms with Gasteiger partial charge in [0.25, 0.3) is 0 Å². The average molecular weight is 394 g/mol. The SMILES string of the molecule is Cc1c(Cl)cccc1-n1ccnc1SCC(=O)N[C@@H]1CC[C@H](C(=O)O)C1. The number of amides is 1. The minimum absolute atomic E-state index is 0.0564. The molecular weight excluding hydrogens is 374 g/mol. The van der Waals surface area contributed by atoms with E-state index in [0.29, 0.717) is 29.4 Å². The number of halogens is 1. The number of carbonyl (C=O) groups is 2. The van der Waals surface area contributed by atoms with E-state index in [9.17, 15) is 9.59 Å². The fourth-order valence-corrected chi connectivity index (χ4v) is 4.12. The number of carboxylic acid groups (broad SMARTS) is 1. The zero-order valence-electron chi connectivity index (χ0n) is 14.3. The molecule has 1 heterocycles. The Labute approximate surface area is 160 Å². The Hall–Kier alpha value is -1.99. The maximum absolute atomic E-state index is 12.2. The van der Waals surface area contributed by atoms with Gasteiger partial charge in [-0.3, -0.25) is 14.2 Å². The van der Waals surface area contributed by atoms with E-state index in [-0.39, 0.29) is 23.6 Å². The number of carboxylic acids is 1. The largest absolute Gasteiger partial charge is 0.481 e. The summed E-state index contributed by atoms with van der Waals surface area (Å²) in [4.78, 5) is 27.5. The number of nitrogens with one attached hydrogen (secondary N) is 1. The van der Waals surface area contributed by atoms with Gasteiger partial charge < -0.3 is 10.4 Å². The van der Waals surface area contributed by atoms with Gasteiger partial charge in [-0.25, -0.2) is 4.98 Å². The lowest BCUT2D eigenvalue weighted by molar-refractivity contribution is -0.141. The quantitative estimate of drug-likeness (QED) is 0.735. The molecule has 0 spiro atoms. The number of aromatic nitrogens is 2. The summed E-state index contributed by atoms with van der Waals surface area (Å²) in [5, 5.41) is 13.3. The number of carbonyl (C=O) groups excluding carboxylic acids is 1. The van der Waals surface area contributed by atoms with Crippen molar-refractivity contribution in [1.29, 1.82) is 0 Å². The molecule has 0 radical (unpaired) electrons. The van der Waals surface area contributed by atoms with E-state index in [2.05, 4.69) is 10.3 Å². The molecule has 0 unspecified atom stereocenters. The van der Waals surface area contributed by atoms with Crippen LogP contribution in [0.2, 0.25) is 5.02 Å². The summed E-state index contributed by atoms with van der Waals surface area (Å²) in [5.74, 6) is -1.01. The van der Waals surface area contributed by atoms with Gasteiger partial charge in [-0.15, -0.1) is 0 Å². The summed E-state index contributed by atoms with van der Waals surface area (Å²) in [6, 6.07) is 5.62. The number of nitrogens with zero attached hydrogens (tertiary/aromatic N) is 2. The van der Waals surface area contributed by atoms with Crippen LogP contribution in [0.1, 0.15) is 24.8 Å². The van der Waals surface area contributed by atoms with Gasteiger partial charge in [-0.1, -0.05) is 29.4 Å². The molecule has 0 saturated heterocycles. The van der Waals surface area contributed by atoms with Crippen LogP contribution >= 0.6 is 23.4 Å². The third-order valence-electron chi connectivity index (χ3n) is 4.58. The van der Waals surface area contributed by atoms with E-state index in [4.69, 9.17) is 16.7 Å². The fourth-order valence-electron chi connectivity index (χ4n) is 3.17. The Morgan fingerprint density at radius 1 is 1.42 bits per heavy atom. The van der Waals surface area contributed by atoms with E-state index in [0.717, 1.165) is 11.3 Å². The van der Waals surface area contributed by atoms with Crippen molar-refractivity contribution in [2.24, 2.45) is 5.92 Å². The average Bonchev–Trinajstić information content (AvgIpc) is 3.25. The van der Waals surface area contributed by atoms with E-state index in [1.807, 2.05) is 35.9 Å². The Morgan fingerprint density at radius 2 is 2.23 bits per heavy atom. The second-order valence-electron chi connectivity index (χ2n) is 6.37. The lowest BCUT2D eigenvalue weighted by Crippen LogP contribution is -2.34. The molecule has 0 bridgehead atoms. The Balaban J connectivity index is 1.59. The Morgan fingerprint density at radius 3 is 2.96 bits per heavy atom. The Kier molecular flexibility index (Phi) is 5.88. The molecule has 0 aliphatic heterocycles. The minimum Gasteiger partial charge on any atom is -0.481 e. The predicted molar refractivity (Wildman–Crippen MR) is 101 cm³/mol. The normalized spacial score (nSPS) is 19.5. The molecule has 138 valence electrons. The van der Waals surface area contributed by atoms with Crippen LogP contribution in [0.5, 0.6) is 0 Å². The summed E-state index contributed by atoms with van der Waals surface area (Å²) >= 11 is 7.54. The molecule has 1 fully saturated rings. The molecule has 1 aromatic carbocycles. The highest BCUT2D eigenvalue weighted by molar-refractivity contribution is 7.99. The van der Waals surface area contributed by atoms with E-state index >= 15 is 0 Å². The van der Waals surface area contributed by atoms with Crippen LogP contribution < -0.4 is 5.32 Å². The monoisotopic (exact) mass is 393 g/mol. The molecule has 1 amide bonds. The van der Waals surface area contributed by atoms with E-state index in [1.54, 1.807) is 6.20 Å². The maximum atomic E-state index is 12.2. The molecule has 6 nitrogen and oxygen atoms in total. The Bertz CT molecular complexity index is 824. The molecule has 1 aliphatic rings. The topological polar surface area (TPSA) is 84.2 Å². The van der Waals surface area contributed by atoms with Gasteiger partial charge in [0.1, 0.15) is 0 Å². The van der Waals surface area contributed by atoms with Crippen LogP contribution in [0, 0.1) is 12.8 Å². The number of thioether (sulfide) groups is 1. The van der Waals surface area contributed by atoms with Gasteiger partial charge in [0.15, 0.2) is 5.16 Å². The number of aliphatic carboxylic acids is 1. The van der Waals surface area contributed by atoms with Gasteiger partial charge in [-0.05, 0) is 43.9 Å². The first-order valence-corrected chi connectivity index (χ1v) is 9.76. The lowest BCUT2D eigenvalue weighted by Gasteiger charge is -2.13. The maximum Gasteiger partial charge on any atom is 0.306 e. The van der Waals surface area contributed by atoms with Crippen molar-refractivity contribution < 1.29 is 14.7 Å². The molecule has 8 heteroatoms. The number of hydrogen-bond acceptors (Lipinski definition) is 4. The second-order valence-corrected chi connectivity index (χ2v) is 7.71. The van der Waals surface area contributed by atoms with Gasteiger partial charge in [0.2, 0.25) is 5.91 Å². The van der Waals surface area contributed by atoms with Crippen LogP contribution in [-0.2, 0) is 9.59 Å². The number of benzene rings is 1. The number of rotatable bonds is 6. The summed E-state index contributed by atoms with van der Waals surface area (Å²) in [6.45, 7) is 1.94. The summed E-state index contributed by atoms with van der Waals surface area (Å²) < 4.78 is 1.91. The first-order chi connectivity index (χ1) is 12.5. The molecule has 2 atom stereocenters.